The standard InChI is InChI=1S/C22H27N5O4/c1-15(28)20(22(30)26-31)25-21(29)18-9-6-16(7-10-18)4-5-17-8-11-19(24-14-17)23-12-13-27(2)3/h6-11,14-15,20,28,31H,12-13H2,1-3H3,(H,23,24)(H,25,29)(H,26,30)/t15-,20+/m1/s1. The fourth-order valence-electron chi connectivity index (χ4n) is 2.53. The topological polar surface area (TPSA) is 127 Å². The molecular weight excluding hydrogens is 398 g/mol. The molecule has 0 saturated heterocycles. The van der Waals surface area contributed by atoms with Crippen LogP contribution in [0.1, 0.15) is 28.4 Å². The molecule has 0 saturated carbocycles. The van der Waals surface area contributed by atoms with Crippen molar-refractivity contribution in [2.24, 2.45) is 0 Å². The highest BCUT2D eigenvalue weighted by atomic mass is 16.5. The molecular formula is C22H27N5O4. The van der Waals surface area contributed by atoms with E-state index in [1.807, 2.05) is 26.2 Å². The molecule has 0 spiro atoms. The van der Waals surface area contributed by atoms with Crippen molar-refractivity contribution in [2.45, 2.75) is 19.1 Å². The molecule has 0 unspecified atom stereocenters. The van der Waals surface area contributed by atoms with Gasteiger partial charge in [0.25, 0.3) is 11.8 Å². The number of rotatable bonds is 8. The van der Waals surface area contributed by atoms with Crippen LogP contribution in [0, 0.1) is 11.8 Å². The van der Waals surface area contributed by atoms with Crippen molar-refractivity contribution in [2.75, 3.05) is 32.5 Å². The number of carbonyl (C=O) groups is 2. The Bertz CT molecular complexity index is 931. The van der Waals surface area contributed by atoms with Gasteiger partial charge in [-0.05, 0) is 57.4 Å². The lowest BCUT2D eigenvalue weighted by Gasteiger charge is -2.19. The van der Waals surface area contributed by atoms with Gasteiger partial charge in [-0.1, -0.05) is 11.8 Å². The van der Waals surface area contributed by atoms with Gasteiger partial charge in [0.2, 0.25) is 0 Å². The maximum absolute atomic E-state index is 12.3. The number of aromatic nitrogens is 1. The Hall–Kier alpha value is -3.45. The summed E-state index contributed by atoms with van der Waals surface area (Å²) >= 11 is 0. The number of anilines is 1. The van der Waals surface area contributed by atoms with Crippen molar-refractivity contribution in [3.05, 3.63) is 59.3 Å². The number of amides is 2. The number of hydroxylamine groups is 1. The maximum atomic E-state index is 12.3. The smallest absolute Gasteiger partial charge is 0.268 e. The molecule has 5 N–H and O–H groups in total. The Morgan fingerprint density at radius 2 is 1.74 bits per heavy atom. The SMILES string of the molecule is C[C@@H](O)[C@H](NC(=O)c1ccc(C#Cc2ccc(NCCN(C)C)nc2)cc1)C(=O)NO. The quantitative estimate of drug-likeness (QED) is 0.236. The molecule has 2 amide bonds. The molecule has 0 fully saturated rings. The van der Waals surface area contributed by atoms with Crippen LogP contribution in [0.3, 0.4) is 0 Å². The second-order valence-corrected chi connectivity index (χ2v) is 7.16. The van der Waals surface area contributed by atoms with Crippen LogP contribution in [0.15, 0.2) is 42.6 Å². The second-order valence-electron chi connectivity index (χ2n) is 7.16. The summed E-state index contributed by atoms with van der Waals surface area (Å²) in [6.07, 6.45) is 0.513. The Kier molecular flexibility index (Phi) is 8.96. The predicted octanol–water partition coefficient (Wildman–Crippen LogP) is 0.440. The molecule has 9 heteroatoms. The molecule has 2 atom stereocenters. The van der Waals surface area contributed by atoms with Crippen LogP contribution in [-0.2, 0) is 4.79 Å². The Balaban J connectivity index is 1.97. The first-order valence-corrected chi connectivity index (χ1v) is 9.69. The largest absolute Gasteiger partial charge is 0.391 e. The van der Waals surface area contributed by atoms with Crippen LogP contribution >= 0.6 is 0 Å². The van der Waals surface area contributed by atoms with Gasteiger partial charge >= 0.3 is 0 Å². The number of benzene rings is 1. The number of likely N-dealkylation sites (N-methyl/N-ethyl adjacent to an activating group) is 1. The van der Waals surface area contributed by atoms with Gasteiger partial charge in [0, 0.05) is 36.0 Å². The number of aliphatic hydroxyl groups is 1. The molecule has 9 nitrogen and oxygen atoms in total. The highest BCUT2D eigenvalue weighted by Crippen LogP contribution is 2.07. The fraction of sp³-hybridized carbons (Fsp3) is 0.318. The lowest BCUT2D eigenvalue weighted by atomic mass is 10.1. The van der Waals surface area contributed by atoms with Crippen molar-refractivity contribution < 1.29 is 19.9 Å². The minimum atomic E-state index is -1.27. The van der Waals surface area contributed by atoms with Gasteiger partial charge in [0.1, 0.15) is 11.9 Å². The first-order valence-electron chi connectivity index (χ1n) is 9.69. The van der Waals surface area contributed by atoms with Crippen LogP contribution in [0.25, 0.3) is 0 Å². The van der Waals surface area contributed by atoms with Crippen molar-refractivity contribution in [1.29, 1.82) is 0 Å². The minimum absolute atomic E-state index is 0.289. The third kappa shape index (κ3) is 7.71. The van der Waals surface area contributed by atoms with Gasteiger partial charge in [-0.15, -0.1) is 0 Å². The number of pyridine rings is 1. The van der Waals surface area contributed by atoms with Crippen molar-refractivity contribution >= 4 is 17.6 Å². The predicted molar refractivity (Wildman–Crippen MR) is 117 cm³/mol. The summed E-state index contributed by atoms with van der Waals surface area (Å²) in [7, 11) is 4.02. The van der Waals surface area contributed by atoms with E-state index in [0.717, 1.165) is 24.5 Å². The van der Waals surface area contributed by atoms with Crippen molar-refractivity contribution in [3.8, 4) is 11.8 Å². The molecule has 31 heavy (non-hydrogen) atoms. The molecule has 2 aromatic rings. The zero-order chi connectivity index (χ0) is 22.8. The van der Waals surface area contributed by atoms with E-state index >= 15 is 0 Å². The Morgan fingerprint density at radius 1 is 1.10 bits per heavy atom. The van der Waals surface area contributed by atoms with E-state index < -0.39 is 24.0 Å². The number of nitrogens with zero attached hydrogens (tertiary/aromatic N) is 2. The molecule has 1 heterocycles. The molecule has 0 aliphatic carbocycles. The number of hydrogen-bond acceptors (Lipinski definition) is 7. The van der Waals surface area contributed by atoms with Crippen LogP contribution in [0.5, 0.6) is 0 Å². The van der Waals surface area contributed by atoms with E-state index in [1.54, 1.807) is 30.5 Å². The van der Waals surface area contributed by atoms with Crippen LogP contribution in [-0.4, -0.2) is 71.3 Å². The summed E-state index contributed by atoms with van der Waals surface area (Å²) in [6.45, 7) is 3.04. The van der Waals surface area contributed by atoms with Crippen LogP contribution < -0.4 is 16.1 Å². The molecule has 2 rings (SSSR count). The molecule has 1 aromatic carbocycles. The Morgan fingerprint density at radius 3 is 2.29 bits per heavy atom. The summed E-state index contributed by atoms with van der Waals surface area (Å²) in [5.41, 5.74) is 3.17. The van der Waals surface area contributed by atoms with Gasteiger partial charge in [-0.25, -0.2) is 10.5 Å². The molecule has 0 aliphatic rings. The van der Waals surface area contributed by atoms with Gasteiger partial charge < -0.3 is 20.6 Å². The van der Waals surface area contributed by atoms with E-state index in [9.17, 15) is 14.7 Å². The highest BCUT2D eigenvalue weighted by Gasteiger charge is 2.25. The van der Waals surface area contributed by atoms with Crippen molar-refractivity contribution in [3.63, 3.8) is 0 Å². The average Bonchev–Trinajstić information content (AvgIpc) is 2.76. The van der Waals surface area contributed by atoms with Gasteiger partial charge in [-0.2, -0.15) is 0 Å². The molecule has 0 radical (unpaired) electrons. The molecule has 0 bridgehead atoms. The second kappa shape index (κ2) is 11.7. The summed E-state index contributed by atoms with van der Waals surface area (Å²) in [4.78, 5) is 30.2. The summed E-state index contributed by atoms with van der Waals surface area (Å²) in [6, 6.07) is 8.95. The zero-order valence-electron chi connectivity index (χ0n) is 17.7. The molecule has 164 valence electrons. The lowest BCUT2D eigenvalue weighted by Crippen LogP contribution is -2.51. The van der Waals surface area contributed by atoms with E-state index in [-0.39, 0.29) is 5.56 Å². The van der Waals surface area contributed by atoms with E-state index in [0.29, 0.717) is 5.56 Å². The summed E-state index contributed by atoms with van der Waals surface area (Å²) < 4.78 is 0. The summed E-state index contributed by atoms with van der Waals surface area (Å²) in [5.74, 6) is 5.34. The number of hydrogen-bond donors (Lipinski definition) is 5. The van der Waals surface area contributed by atoms with Gasteiger partial charge in [0.15, 0.2) is 0 Å². The van der Waals surface area contributed by atoms with E-state index in [4.69, 9.17) is 5.21 Å². The third-order valence-corrected chi connectivity index (χ3v) is 4.29. The summed E-state index contributed by atoms with van der Waals surface area (Å²) in [5, 5.41) is 23.9. The normalized spacial score (nSPS) is 12.3. The molecule has 1 aromatic heterocycles. The van der Waals surface area contributed by atoms with Crippen LogP contribution in [0.2, 0.25) is 0 Å². The van der Waals surface area contributed by atoms with E-state index in [1.165, 1.54) is 12.4 Å². The monoisotopic (exact) mass is 425 g/mol. The maximum Gasteiger partial charge on any atom is 0.268 e. The molecule has 0 aliphatic heterocycles. The average molecular weight is 425 g/mol. The zero-order valence-corrected chi connectivity index (χ0v) is 17.7. The number of nitrogens with one attached hydrogen (secondary N) is 3. The Labute approximate surface area is 181 Å². The fourth-order valence-corrected chi connectivity index (χ4v) is 2.53. The van der Waals surface area contributed by atoms with Crippen LogP contribution in [0.4, 0.5) is 5.82 Å². The highest BCUT2D eigenvalue weighted by molar-refractivity contribution is 5.97. The third-order valence-electron chi connectivity index (χ3n) is 4.29. The van der Waals surface area contributed by atoms with Crippen molar-refractivity contribution in [1.82, 2.24) is 20.7 Å². The lowest BCUT2D eigenvalue weighted by molar-refractivity contribution is -0.133. The van der Waals surface area contributed by atoms with E-state index in [2.05, 4.69) is 32.4 Å². The first kappa shape index (κ1) is 23.8. The van der Waals surface area contributed by atoms with Gasteiger partial charge in [-0.3, -0.25) is 14.8 Å². The minimum Gasteiger partial charge on any atom is -0.391 e. The number of aliphatic hydroxyl groups excluding tert-OH is 1. The first-order chi connectivity index (χ1) is 14.8. The number of carbonyl (C=O) groups excluding carboxylic acids is 2. The van der Waals surface area contributed by atoms with Gasteiger partial charge in [0.05, 0.1) is 6.10 Å².